The van der Waals surface area contributed by atoms with E-state index in [0.29, 0.717) is 5.69 Å². The van der Waals surface area contributed by atoms with Gasteiger partial charge < -0.3 is 5.73 Å². The Morgan fingerprint density at radius 1 is 1.42 bits per heavy atom. The molecular formula is C10H11NO. The van der Waals surface area contributed by atoms with Crippen LogP contribution < -0.4 is 5.73 Å². The first-order valence-electron chi connectivity index (χ1n) is 3.73. The van der Waals surface area contributed by atoms with E-state index >= 15 is 0 Å². The predicted molar refractivity (Wildman–Crippen MR) is 50.6 cm³/mol. The van der Waals surface area contributed by atoms with E-state index in [9.17, 15) is 4.79 Å². The van der Waals surface area contributed by atoms with Gasteiger partial charge in [-0.2, -0.15) is 0 Å². The number of hydrogen-bond donors (Lipinski definition) is 1. The van der Waals surface area contributed by atoms with Crippen LogP contribution in [0.15, 0.2) is 30.3 Å². The van der Waals surface area contributed by atoms with Crippen LogP contribution in [0.3, 0.4) is 0 Å². The molecule has 0 unspecified atom stereocenters. The zero-order chi connectivity index (χ0) is 8.97. The van der Waals surface area contributed by atoms with Gasteiger partial charge in [-0.15, -0.1) is 0 Å². The summed E-state index contributed by atoms with van der Waals surface area (Å²) in [5, 5.41) is 0. The maximum atomic E-state index is 10.6. The van der Waals surface area contributed by atoms with Crippen molar-refractivity contribution in [2.24, 2.45) is 0 Å². The molecule has 0 saturated heterocycles. The van der Waals surface area contributed by atoms with E-state index in [-0.39, 0.29) is 5.78 Å². The number of ketones is 1. The molecule has 0 saturated carbocycles. The third kappa shape index (κ3) is 2.23. The minimum absolute atomic E-state index is 0.0262. The lowest BCUT2D eigenvalue weighted by atomic mass is 10.1. The number of hydrogen-bond acceptors (Lipinski definition) is 2. The zero-order valence-electron chi connectivity index (χ0n) is 6.95. The molecule has 0 aliphatic carbocycles. The fourth-order valence-corrected chi connectivity index (χ4v) is 0.870. The maximum Gasteiger partial charge on any atom is 0.152 e. The van der Waals surface area contributed by atoms with Crippen LogP contribution in [0.2, 0.25) is 0 Å². The molecule has 1 rings (SSSR count). The van der Waals surface area contributed by atoms with Crippen molar-refractivity contribution < 1.29 is 4.79 Å². The first kappa shape index (κ1) is 8.53. The Morgan fingerprint density at radius 3 is 2.67 bits per heavy atom. The van der Waals surface area contributed by atoms with Gasteiger partial charge in [0.15, 0.2) is 5.78 Å². The summed E-state index contributed by atoms with van der Waals surface area (Å²) in [5.41, 5.74) is 7.22. The molecule has 0 atom stereocenters. The molecule has 12 heavy (non-hydrogen) atoms. The number of allylic oxidation sites excluding steroid dienone is 1. The van der Waals surface area contributed by atoms with Crippen LogP contribution in [0.25, 0.3) is 6.08 Å². The van der Waals surface area contributed by atoms with Crippen molar-refractivity contribution in [3.8, 4) is 0 Å². The highest BCUT2D eigenvalue weighted by Gasteiger charge is 1.91. The topological polar surface area (TPSA) is 43.1 Å². The molecule has 1 aromatic rings. The average molecular weight is 161 g/mol. The van der Waals surface area contributed by atoms with Gasteiger partial charge in [-0.1, -0.05) is 18.2 Å². The second-order valence-corrected chi connectivity index (χ2v) is 2.57. The molecule has 0 aliphatic heterocycles. The van der Waals surface area contributed by atoms with Gasteiger partial charge in [0.05, 0.1) is 0 Å². The van der Waals surface area contributed by atoms with Crippen molar-refractivity contribution in [2.75, 3.05) is 5.73 Å². The van der Waals surface area contributed by atoms with E-state index in [2.05, 4.69) is 0 Å². The van der Waals surface area contributed by atoms with Gasteiger partial charge in [-0.25, -0.2) is 0 Å². The van der Waals surface area contributed by atoms with Crippen LogP contribution in [0.5, 0.6) is 0 Å². The van der Waals surface area contributed by atoms with Crippen LogP contribution in [-0.4, -0.2) is 5.78 Å². The Kier molecular flexibility index (Phi) is 2.64. The van der Waals surface area contributed by atoms with Gasteiger partial charge in [-0.3, -0.25) is 4.79 Å². The summed E-state index contributed by atoms with van der Waals surface area (Å²) < 4.78 is 0. The Morgan fingerprint density at radius 2 is 2.08 bits per heavy atom. The molecule has 2 N–H and O–H groups in total. The lowest BCUT2D eigenvalue weighted by Crippen LogP contribution is -1.88. The summed E-state index contributed by atoms with van der Waals surface area (Å²) in [6.07, 6.45) is 3.23. The molecule has 2 heteroatoms. The molecule has 0 fully saturated rings. The highest BCUT2D eigenvalue weighted by molar-refractivity contribution is 5.92. The number of carbonyl (C=O) groups excluding carboxylic acids is 1. The minimum atomic E-state index is 0.0262. The summed E-state index contributed by atoms with van der Waals surface area (Å²) in [4.78, 5) is 10.6. The number of anilines is 1. The monoisotopic (exact) mass is 161 g/mol. The van der Waals surface area contributed by atoms with Gasteiger partial charge in [-0.05, 0) is 30.7 Å². The normalized spacial score (nSPS) is 10.4. The van der Waals surface area contributed by atoms with Crippen LogP contribution >= 0.6 is 0 Å². The van der Waals surface area contributed by atoms with Crippen LogP contribution in [0.4, 0.5) is 5.69 Å². The fraction of sp³-hybridized carbons (Fsp3) is 0.100. The quantitative estimate of drug-likeness (QED) is 0.531. The Bertz CT molecular complexity index is 315. The predicted octanol–water partition coefficient (Wildman–Crippen LogP) is 1.87. The van der Waals surface area contributed by atoms with Gasteiger partial charge in [0.25, 0.3) is 0 Å². The molecule has 0 aliphatic rings. The Hall–Kier alpha value is -1.57. The third-order valence-electron chi connectivity index (χ3n) is 1.49. The molecular weight excluding hydrogens is 150 g/mol. The lowest BCUT2D eigenvalue weighted by molar-refractivity contribution is -0.112. The largest absolute Gasteiger partial charge is 0.398 e. The summed E-state index contributed by atoms with van der Waals surface area (Å²) in [6.45, 7) is 1.51. The van der Waals surface area contributed by atoms with E-state index in [1.807, 2.05) is 18.2 Å². The van der Waals surface area contributed by atoms with Gasteiger partial charge in [0.1, 0.15) is 0 Å². The van der Waals surface area contributed by atoms with E-state index in [4.69, 9.17) is 5.73 Å². The molecule has 0 aromatic heterocycles. The minimum Gasteiger partial charge on any atom is -0.398 e. The van der Waals surface area contributed by atoms with Crippen molar-refractivity contribution in [1.82, 2.24) is 0 Å². The first-order chi connectivity index (χ1) is 5.70. The molecule has 0 bridgehead atoms. The van der Waals surface area contributed by atoms with E-state index in [1.165, 1.54) is 13.0 Å². The fourth-order valence-electron chi connectivity index (χ4n) is 0.870. The van der Waals surface area contributed by atoms with Gasteiger partial charge in [0.2, 0.25) is 0 Å². The standard InChI is InChI=1S/C10H11NO/c1-8(12)6-7-9-4-2-3-5-10(9)11/h2-7H,11H2,1H3/b7-6+. The van der Waals surface area contributed by atoms with Crippen molar-refractivity contribution in [3.05, 3.63) is 35.9 Å². The molecule has 0 amide bonds. The lowest BCUT2D eigenvalue weighted by Gasteiger charge is -1.96. The molecule has 1 aromatic carbocycles. The van der Waals surface area contributed by atoms with E-state index < -0.39 is 0 Å². The van der Waals surface area contributed by atoms with Crippen molar-refractivity contribution >= 4 is 17.5 Å². The maximum absolute atomic E-state index is 10.6. The van der Waals surface area contributed by atoms with Crippen LogP contribution in [0, 0.1) is 0 Å². The summed E-state index contributed by atoms with van der Waals surface area (Å²) in [5.74, 6) is 0.0262. The number of carbonyl (C=O) groups is 1. The molecule has 2 nitrogen and oxygen atoms in total. The van der Waals surface area contributed by atoms with Gasteiger partial charge >= 0.3 is 0 Å². The molecule has 0 radical (unpaired) electrons. The zero-order valence-corrected chi connectivity index (χ0v) is 6.95. The summed E-state index contributed by atoms with van der Waals surface area (Å²) >= 11 is 0. The van der Waals surface area contributed by atoms with Gasteiger partial charge in [0, 0.05) is 5.69 Å². The first-order valence-corrected chi connectivity index (χ1v) is 3.73. The van der Waals surface area contributed by atoms with Crippen LogP contribution in [-0.2, 0) is 4.79 Å². The number of nitrogens with two attached hydrogens (primary N) is 1. The second kappa shape index (κ2) is 3.72. The van der Waals surface area contributed by atoms with E-state index in [0.717, 1.165) is 5.56 Å². The third-order valence-corrected chi connectivity index (χ3v) is 1.49. The number of nitrogen functional groups attached to an aromatic ring is 1. The van der Waals surface area contributed by atoms with Crippen molar-refractivity contribution in [1.29, 1.82) is 0 Å². The highest BCUT2D eigenvalue weighted by Crippen LogP contribution is 2.11. The SMILES string of the molecule is CC(=O)/C=C/c1ccccc1N. The summed E-state index contributed by atoms with van der Waals surface area (Å²) in [6, 6.07) is 7.42. The molecule has 0 heterocycles. The average Bonchev–Trinajstić information content (AvgIpc) is 2.03. The Balaban J connectivity index is 2.89. The highest BCUT2D eigenvalue weighted by atomic mass is 16.1. The van der Waals surface area contributed by atoms with Crippen molar-refractivity contribution in [3.63, 3.8) is 0 Å². The number of rotatable bonds is 2. The van der Waals surface area contributed by atoms with Crippen LogP contribution in [0.1, 0.15) is 12.5 Å². The number of benzene rings is 1. The number of para-hydroxylation sites is 1. The van der Waals surface area contributed by atoms with E-state index in [1.54, 1.807) is 12.1 Å². The summed E-state index contributed by atoms with van der Waals surface area (Å²) in [7, 11) is 0. The molecule has 62 valence electrons. The second-order valence-electron chi connectivity index (χ2n) is 2.57. The smallest absolute Gasteiger partial charge is 0.152 e. The molecule has 0 spiro atoms. The Labute approximate surface area is 71.7 Å². The van der Waals surface area contributed by atoms with Crippen molar-refractivity contribution in [2.45, 2.75) is 6.92 Å².